The number of nitrogens with zero attached hydrogens (tertiary/aromatic N) is 1. The van der Waals surface area contributed by atoms with E-state index in [0.29, 0.717) is 24.2 Å². The largest absolute Gasteiger partial charge is 0.493 e. The summed E-state index contributed by atoms with van der Waals surface area (Å²) in [4.78, 5) is 38.1. The molecule has 0 aromatic heterocycles. The number of para-hydroxylation sites is 1. The predicted molar refractivity (Wildman–Crippen MR) is 89.2 cm³/mol. The van der Waals surface area contributed by atoms with Crippen molar-refractivity contribution in [3.8, 4) is 5.75 Å². The van der Waals surface area contributed by atoms with E-state index in [-0.39, 0.29) is 18.5 Å². The van der Waals surface area contributed by atoms with Crippen molar-refractivity contribution < 1.29 is 19.1 Å². The zero-order valence-corrected chi connectivity index (χ0v) is 13.4. The SMILES string of the molecule is O=C(CN1C(=O)c2ccccc2C1=O)N[C@H]1CCOc2ccccc21. The molecule has 0 fully saturated rings. The molecule has 0 saturated heterocycles. The van der Waals surface area contributed by atoms with E-state index >= 15 is 0 Å². The van der Waals surface area contributed by atoms with Gasteiger partial charge in [-0.3, -0.25) is 19.3 Å². The number of carbonyl (C=O) groups is 3. The summed E-state index contributed by atoms with van der Waals surface area (Å²) in [7, 11) is 0. The highest BCUT2D eigenvalue weighted by atomic mass is 16.5. The number of imide groups is 1. The third kappa shape index (κ3) is 2.65. The van der Waals surface area contributed by atoms with E-state index in [1.54, 1.807) is 24.3 Å². The first-order chi connectivity index (χ1) is 12.1. The Kier molecular flexibility index (Phi) is 3.72. The van der Waals surface area contributed by atoms with Crippen LogP contribution in [0.2, 0.25) is 0 Å². The van der Waals surface area contributed by atoms with Crippen LogP contribution in [-0.2, 0) is 4.79 Å². The van der Waals surface area contributed by atoms with Crippen molar-refractivity contribution in [1.82, 2.24) is 10.2 Å². The first kappa shape index (κ1) is 15.4. The van der Waals surface area contributed by atoms with Gasteiger partial charge in [0.2, 0.25) is 5.91 Å². The van der Waals surface area contributed by atoms with Gasteiger partial charge in [0, 0.05) is 12.0 Å². The lowest BCUT2D eigenvalue weighted by molar-refractivity contribution is -0.122. The Morgan fingerprint density at radius 1 is 1.04 bits per heavy atom. The molecule has 0 spiro atoms. The van der Waals surface area contributed by atoms with E-state index in [4.69, 9.17) is 4.74 Å². The molecule has 2 aromatic carbocycles. The van der Waals surface area contributed by atoms with Gasteiger partial charge in [0.1, 0.15) is 12.3 Å². The summed E-state index contributed by atoms with van der Waals surface area (Å²) in [6.07, 6.45) is 0.644. The molecule has 25 heavy (non-hydrogen) atoms. The molecular weight excluding hydrogens is 320 g/mol. The lowest BCUT2D eigenvalue weighted by Crippen LogP contribution is -2.42. The number of amides is 3. The lowest BCUT2D eigenvalue weighted by atomic mass is 10.0. The van der Waals surface area contributed by atoms with Gasteiger partial charge < -0.3 is 10.1 Å². The van der Waals surface area contributed by atoms with E-state index in [9.17, 15) is 14.4 Å². The minimum atomic E-state index is -0.428. The zero-order valence-electron chi connectivity index (χ0n) is 13.4. The van der Waals surface area contributed by atoms with E-state index in [0.717, 1.165) is 16.2 Å². The highest BCUT2D eigenvalue weighted by Crippen LogP contribution is 2.31. The van der Waals surface area contributed by atoms with Crippen molar-refractivity contribution in [2.24, 2.45) is 0 Å². The summed E-state index contributed by atoms with van der Waals surface area (Å²) in [6, 6.07) is 13.9. The number of ether oxygens (including phenoxy) is 1. The fourth-order valence-corrected chi connectivity index (χ4v) is 3.26. The van der Waals surface area contributed by atoms with E-state index in [1.165, 1.54) is 0 Å². The summed E-state index contributed by atoms with van der Waals surface area (Å²) in [5.41, 5.74) is 1.60. The predicted octanol–water partition coefficient (Wildman–Crippen LogP) is 1.92. The van der Waals surface area contributed by atoms with Gasteiger partial charge in [-0.15, -0.1) is 0 Å². The summed E-state index contributed by atoms with van der Waals surface area (Å²) in [5.74, 6) is -0.470. The van der Waals surface area contributed by atoms with Crippen LogP contribution in [0.3, 0.4) is 0 Å². The highest BCUT2D eigenvalue weighted by Gasteiger charge is 2.36. The molecule has 2 aliphatic rings. The molecular formula is C19H16N2O4. The van der Waals surface area contributed by atoms with Gasteiger partial charge in [-0.25, -0.2) is 0 Å². The Balaban J connectivity index is 1.48. The number of benzene rings is 2. The van der Waals surface area contributed by atoms with Gasteiger partial charge >= 0.3 is 0 Å². The molecule has 126 valence electrons. The van der Waals surface area contributed by atoms with Crippen molar-refractivity contribution in [3.05, 3.63) is 65.2 Å². The van der Waals surface area contributed by atoms with Crippen LogP contribution in [0.15, 0.2) is 48.5 Å². The summed E-state index contributed by atoms with van der Waals surface area (Å²) in [5, 5.41) is 2.90. The molecule has 1 N–H and O–H groups in total. The number of carbonyl (C=O) groups excluding carboxylic acids is 3. The van der Waals surface area contributed by atoms with Gasteiger partial charge in [-0.05, 0) is 18.2 Å². The molecule has 2 heterocycles. The van der Waals surface area contributed by atoms with Crippen molar-refractivity contribution in [2.45, 2.75) is 12.5 Å². The number of nitrogens with one attached hydrogen (secondary N) is 1. The van der Waals surface area contributed by atoms with Crippen molar-refractivity contribution in [3.63, 3.8) is 0 Å². The van der Waals surface area contributed by atoms with Crippen molar-refractivity contribution in [2.75, 3.05) is 13.2 Å². The zero-order chi connectivity index (χ0) is 17.4. The van der Waals surface area contributed by atoms with Crippen LogP contribution in [0.5, 0.6) is 5.75 Å². The molecule has 0 bridgehead atoms. The molecule has 3 amide bonds. The third-order valence-corrected chi connectivity index (χ3v) is 4.47. The summed E-state index contributed by atoms with van der Waals surface area (Å²) >= 11 is 0. The fourth-order valence-electron chi connectivity index (χ4n) is 3.26. The second kappa shape index (κ2) is 6.05. The average molecular weight is 336 g/mol. The van der Waals surface area contributed by atoms with Crippen LogP contribution in [0.25, 0.3) is 0 Å². The minimum absolute atomic E-state index is 0.187. The number of rotatable bonds is 3. The molecule has 2 aliphatic heterocycles. The van der Waals surface area contributed by atoms with Crippen molar-refractivity contribution >= 4 is 17.7 Å². The quantitative estimate of drug-likeness (QED) is 0.869. The molecule has 1 atom stereocenters. The maximum Gasteiger partial charge on any atom is 0.262 e. The summed E-state index contributed by atoms with van der Waals surface area (Å²) in [6.45, 7) is 0.223. The van der Waals surface area contributed by atoms with Gasteiger partial charge in [-0.2, -0.15) is 0 Å². The Hall–Kier alpha value is -3.15. The van der Waals surface area contributed by atoms with Gasteiger partial charge in [0.15, 0.2) is 0 Å². The standard InChI is InChI=1S/C19H16N2O4/c22-17(20-15-9-10-25-16-8-4-3-7-14(15)16)11-21-18(23)12-5-1-2-6-13(12)19(21)24/h1-8,15H,9-11H2,(H,20,22)/t15-/m0/s1. The van der Waals surface area contributed by atoms with Gasteiger partial charge in [0.05, 0.1) is 23.8 Å². The van der Waals surface area contributed by atoms with Gasteiger partial charge in [-0.1, -0.05) is 30.3 Å². The fraction of sp³-hybridized carbons (Fsp3) is 0.211. The molecule has 0 unspecified atom stereocenters. The number of fused-ring (bicyclic) bond motifs is 2. The summed E-state index contributed by atoms with van der Waals surface area (Å²) < 4.78 is 5.58. The lowest BCUT2D eigenvalue weighted by Gasteiger charge is -2.27. The molecule has 2 aromatic rings. The smallest absolute Gasteiger partial charge is 0.262 e. The topological polar surface area (TPSA) is 75.7 Å². The van der Waals surface area contributed by atoms with Crippen LogP contribution in [-0.4, -0.2) is 35.8 Å². The normalized spacial score (nSPS) is 18.4. The highest BCUT2D eigenvalue weighted by molar-refractivity contribution is 6.22. The molecule has 6 heteroatoms. The number of hydrogen-bond donors (Lipinski definition) is 1. The first-order valence-corrected chi connectivity index (χ1v) is 8.11. The average Bonchev–Trinajstić information content (AvgIpc) is 2.87. The Labute approximate surface area is 144 Å². The molecule has 0 saturated carbocycles. The van der Waals surface area contributed by atoms with Crippen LogP contribution in [0.1, 0.15) is 38.7 Å². The van der Waals surface area contributed by atoms with E-state index in [2.05, 4.69) is 5.32 Å². The third-order valence-electron chi connectivity index (χ3n) is 4.47. The molecule has 4 rings (SSSR count). The Bertz CT molecular complexity index is 842. The van der Waals surface area contributed by atoms with E-state index in [1.807, 2.05) is 24.3 Å². The van der Waals surface area contributed by atoms with Crippen molar-refractivity contribution in [1.29, 1.82) is 0 Å². The van der Waals surface area contributed by atoms with Crippen LogP contribution < -0.4 is 10.1 Å². The molecule has 0 radical (unpaired) electrons. The maximum absolute atomic E-state index is 12.4. The molecule has 6 nitrogen and oxygen atoms in total. The second-order valence-electron chi connectivity index (χ2n) is 6.04. The maximum atomic E-state index is 12.4. The monoisotopic (exact) mass is 336 g/mol. The minimum Gasteiger partial charge on any atom is -0.493 e. The Morgan fingerprint density at radius 3 is 2.40 bits per heavy atom. The van der Waals surface area contributed by atoms with E-state index < -0.39 is 11.8 Å². The number of hydrogen-bond acceptors (Lipinski definition) is 4. The van der Waals surface area contributed by atoms with Gasteiger partial charge in [0.25, 0.3) is 11.8 Å². The van der Waals surface area contributed by atoms with Crippen LogP contribution >= 0.6 is 0 Å². The Morgan fingerprint density at radius 2 is 1.68 bits per heavy atom. The molecule has 0 aliphatic carbocycles. The first-order valence-electron chi connectivity index (χ1n) is 8.11. The van der Waals surface area contributed by atoms with Crippen LogP contribution in [0, 0.1) is 0 Å². The van der Waals surface area contributed by atoms with Crippen LogP contribution in [0.4, 0.5) is 0 Å². The second-order valence-corrected chi connectivity index (χ2v) is 6.04.